The predicted octanol–water partition coefficient (Wildman–Crippen LogP) is 3.39. The second kappa shape index (κ2) is 6.63. The molecule has 0 saturated heterocycles. The van der Waals surface area contributed by atoms with Gasteiger partial charge >= 0.3 is 0 Å². The Bertz CT molecular complexity index is 1090. The fourth-order valence-electron chi connectivity index (χ4n) is 3.15. The molecule has 4 aromatic rings. The molecule has 0 saturated carbocycles. The van der Waals surface area contributed by atoms with Crippen LogP contribution in [0.5, 0.6) is 0 Å². The standard InChI is InChI=1S/C20H20N4O2/c1-13-22-16-10-9-14(12-18(16)26-13)20(25)21-11-5-8-19-23-15-6-3-4-7-17(15)24(19)2/h3-4,6-7,9-10,12H,5,8,11H2,1-2H3,(H,21,25). The van der Waals surface area contributed by atoms with Crippen molar-refractivity contribution in [2.24, 2.45) is 7.05 Å². The third kappa shape index (κ3) is 3.06. The lowest BCUT2D eigenvalue weighted by molar-refractivity contribution is 0.0953. The highest BCUT2D eigenvalue weighted by Crippen LogP contribution is 2.17. The number of nitrogens with zero attached hydrogens (tertiary/aromatic N) is 3. The molecule has 26 heavy (non-hydrogen) atoms. The van der Waals surface area contributed by atoms with Gasteiger partial charge in [0.1, 0.15) is 11.3 Å². The molecule has 6 nitrogen and oxygen atoms in total. The van der Waals surface area contributed by atoms with Crippen LogP contribution >= 0.6 is 0 Å². The van der Waals surface area contributed by atoms with Gasteiger partial charge in [-0.1, -0.05) is 12.1 Å². The fraction of sp³-hybridized carbons (Fsp3) is 0.250. The number of para-hydroxylation sites is 2. The van der Waals surface area contributed by atoms with Crippen molar-refractivity contribution in [2.45, 2.75) is 19.8 Å². The second-order valence-corrected chi connectivity index (χ2v) is 6.35. The lowest BCUT2D eigenvalue weighted by atomic mass is 10.2. The Morgan fingerprint density at radius 2 is 2.00 bits per heavy atom. The maximum absolute atomic E-state index is 12.3. The molecule has 2 aromatic carbocycles. The van der Waals surface area contributed by atoms with Crippen LogP contribution < -0.4 is 5.32 Å². The first-order chi connectivity index (χ1) is 12.6. The van der Waals surface area contributed by atoms with Gasteiger partial charge in [-0.15, -0.1) is 0 Å². The van der Waals surface area contributed by atoms with Crippen molar-refractivity contribution in [1.82, 2.24) is 19.9 Å². The zero-order valence-electron chi connectivity index (χ0n) is 14.8. The highest BCUT2D eigenvalue weighted by molar-refractivity contribution is 5.97. The van der Waals surface area contributed by atoms with Crippen LogP contribution in [-0.4, -0.2) is 27.0 Å². The van der Waals surface area contributed by atoms with Crippen LogP contribution in [0.25, 0.3) is 22.1 Å². The lowest BCUT2D eigenvalue weighted by Gasteiger charge is -2.05. The van der Waals surface area contributed by atoms with Gasteiger partial charge in [-0.2, -0.15) is 0 Å². The van der Waals surface area contributed by atoms with Crippen LogP contribution in [-0.2, 0) is 13.5 Å². The molecule has 1 amide bonds. The van der Waals surface area contributed by atoms with Crippen molar-refractivity contribution in [3.05, 3.63) is 59.7 Å². The van der Waals surface area contributed by atoms with E-state index in [1.165, 1.54) is 0 Å². The van der Waals surface area contributed by atoms with Crippen molar-refractivity contribution in [3.8, 4) is 0 Å². The number of carbonyl (C=O) groups is 1. The zero-order chi connectivity index (χ0) is 18.1. The molecule has 132 valence electrons. The fourth-order valence-corrected chi connectivity index (χ4v) is 3.15. The smallest absolute Gasteiger partial charge is 0.251 e. The SMILES string of the molecule is Cc1nc2ccc(C(=O)NCCCc3nc4ccccc4n3C)cc2o1. The molecule has 4 rings (SSSR count). The van der Waals surface area contributed by atoms with E-state index >= 15 is 0 Å². The number of hydrogen-bond donors (Lipinski definition) is 1. The third-order valence-corrected chi connectivity index (χ3v) is 4.50. The van der Waals surface area contributed by atoms with E-state index in [1.54, 1.807) is 25.1 Å². The van der Waals surface area contributed by atoms with Gasteiger partial charge in [0.2, 0.25) is 0 Å². The molecule has 0 aliphatic carbocycles. The number of aryl methyl sites for hydroxylation is 3. The van der Waals surface area contributed by atoms with E-state index < -0.39 is 0 Å². The molecule has 1 N–H and O–H groups in total. The van der Waals surface area contributed by atoms with E-state index in [0.717, 1.165) is 35.2 Å². The van der Waals surface area contributed by atoms with Crippen molar-refractivity contribution in [3.63, 3.8) is 0 Å². The number of fused-ring (bicyclic) bond motifs is 2. The second-order valence-electron chi connectivity index (χ2n) is 6.35. The maximum atomic E-state index is 12.3. The molecule has 0 spiro atoms. The summed E-state index contributed by atoms with van der Waals surface area (Å²) in [6.45, 7) is 2.39. The lowest BCUT2D eigenvalue weighted by Crippen LogP contribution is -2.24. The van der Waals surface area contributed by atoms with Gasteiger partial charge in [-0.25, -0.2) is 9.97 Å². The van der Waals surface area contributed by atoms with E-state index in [-0.39, 0.29) is 5.91 Å². The molecule has 0 bridgehead atoms. The van der Waals surface area contributed by atoms with E-state index in [2.05, 4.69) is 25.9 Å². The van der Waals surface area contributed by atoms with Crippen molar-refractivity contribution < 1.29 is 9.21 Å². The molecule has 0 aliphatic heterocycles. The number of carbonyl (C=O) groups excluding carboxylic acids is 1. The number of amides is 1. The maximum Gasteiger partial charge on any atom is 0.251 e. The first kappa shape index (κ1) is 16.3. The summed E-state index contributed by atoms with van der Waals surface area (Å²) in [6.07, 6.45) is 1.64. The van der Waals surface area contributed by atoms with Crippen LogP contribution in [0.4, 0.5) is 0 Å². The van der Waals surface area contributed by atoms with E-state index in [4.69, 9.17) is 4.42 Å². The first-order valence-electron chi connectivity index (χ1n) is 8.67. The molecule has 0 radical (unpaired) electrons. The van der Waals surface area contributed by atoms with Crippen molar-refractivity contribution >= 4 is 28.0 Å². The quantitative estimate of drug-likeness (QED) is 0.561. The van der Waals surface area contributed by atoms with E-state index in [0.29, 0.717) is 23.6 Å². The Balaban J connectivity index is 1.36. The molecule has 0 fully saturated rings. The highest BCUT2D eigenvalue weighted by Gasteiger charge is 2.10. The summed E-state index contributed by atoms with van der Waals surface area (Å²) in [5, 5.41) is 2.96. The number of oxazole rings is 1. The van der Waals surface area contributed by atoms with Gasteiger partial charge in [-0.05, 0) is 36.8 Å². The largest absolute Gasteiger partial charge is 0.441 e. The Morgan fingerprint density at radius 3 is 2.85 bits per heavy atom. The van der Waals surface area contributed by atoms with Crippen LogP contribution in [0.15, 0.2) is 46.9 Å². The minimum Gasteiger partial charge on any atom is -0.441 e. The zero-order valence-corrected chi connectivity index (χ0v) is 14.8. The topological polar surface area (TPSA) is 73.0 Å². The summed E-state index contributed by atoms with van der Waals surface area (Å²) in [5.74, 6) is 1.52. The molecular weight excluding hydrogens is 328 g/mol. The number of hydrogen-bond acceptors (Lipinski definition) is 4. The summed E-state index contributed by atoms with van der Waals surface area (Å²) < 4.78 is 7.59. The molecule has 0 unspecified atom stereocenters. The van der Waals surface area contributed by atoms with Gasteiger partial charge < -0.3 is 14.3 Å². The average molecular weight is 348 g/mol. The van der Waals surface area contributed by atoms with Crippen LogP contribution in [0.1, 0.15) is 28.5 Å². The van der Waals surface area contributed by atoms with Crippen molar-refractivity contribution in [1.29, 1.82) is 0 Å². The van der Waals surface area contributed by atoms with E-state index in [9.17, 15) is 4.79 Å². The number of benzene rings is 2. The molecule has 0 atom stereocenters. The summed E-state index contributed by atoms with van der Waals surface area (Å²) >= 11 is 0. The Hall–Kier alpha value is -3.15. The van der Waals surface area contributed by atoms with Gasteiger partial charge in [0.05, 0.1) is 11.0 Å². The summed E-state index contributed by atoms with van der Waals surface area (Å²) in [5.41, 5.74) is 4.11. The number of nitrogens with one attached hydrogen (secondary N) is 1. The summed E-state index contributed by atoms with van der Waals surface area (Å²) in [4.78, 5) is 21.2. The van der Waals surface area contributed by atoms with Crippen LogP contribution in [0.2, 0.25) is 0 Å². The van der Waals surface area contributed by atoms with Gasteiger partial charge in [0, 0.05) is 32.5 Å². The van der Waals surface area contributed by atoms with Gasteiger partial charge in [0.25, 0.3) is 5.91 Å². The van der Waals surface area contributed by atoms with E-state index in [1.807, 2.05) is 25.2 Å². The minimum atomic E-state index is -0.106. The van der Waals surface area contributed by atoms with Crippen LogP contribution in [0.3, 0.4) is 0 Å². The predicted molar refractivity (Wildman–Crippen MR) is 100 cm³/mol. The molecular formula is C20H20N4O2. The minimum absolute atomic E-state index is 0.106. The number of rotatable bonds is 5. The summed E-state index contributed by atoms with van der Waals surface area (Å²) in [7, 11) is 2.03. The normalized spacial score (nSPS) is 11.3. The Morgan fingerprint density at radius 1 is 1.15 bits per heavy atom. The number of imidazole rings is 1. The monoisotopic (exact) mass is 348 g/mol. The summed E-state index contributed by atoms with van der Waals surface area (Å²) in [6, 6.07) is 13.4. The van der Waals surface area contributed by atoms with Gasteiger partial charge in [0.15, 0.2) is 11.5 Å². The van der Waals surface area contributed by atoms with Crippen LogP contribution in [0, 0.1) is 6.92 Å². The Labute approximate surface area is 150 Å². The molecule has 2 aromatic heterocycles. The average Bonchev–Trinajstić information content (AvgIpc) is 3.17. The highest BCUT2D eigenvalue weighted by atomic mass is 16.3. The molecule has 0 aliphatic rings. The third-order valence-electron chi connectivity index (χ3n) is 4.50. The van der Waals surface area contributed by atoms with Gasteiger partial charge in [-0.3, -0.25) is 4.79 Å². The molecule has 2 heterocycles. The Kier molecular flexibility index (Phi) is 4.16. The molecule has 6 heteroatoms. The first-order valence-corrected chi connectivity index (χ1v) is 8.67. The van der Waals surface area contributed by atoms with Crippen molar-refractivity contribution in [2.75, 3.05) is 6.54 Å². The number of aromatic nitrogens is 3.